The van der Waals surface area contributed by atoms with Crippen LogP contribution in [0.4, 0.5) is 0 Å². The Morgan fingerprint density at radius 1 is 1.62 bits per heavy atom. The van der Waals surface area contributed by atoms with Gasteiger partial charge in [-0.3, -0.25) is 9.48 Å². The molecule has 0 spiro atoms. The first-order chi connectivity index (χ1) is 7.52. The van der Waals surface area contributed by atoms with Crippen molar-refractivity contribution in [3.63, 3.8) is 0 Å². The first kappa shape index (κ1) is 13.1. The second-order valence-electron chi connectivity index (χ2n) is 4.18. The lowest BCUT2D eigenvalue weighted by molar-refractivity contribution is -0.121. The van der Waals surface area contributed by atoms with E-state index < -0.39 is 0 Å². The van der Waals surface area contributed by atoms with Gasteiger partial charge in [-0.25, -0.2) is 0 Å². The molecule has 1 atom stereocenters. The molecule has 0 saturated heterocycles. The number of aromatic nitrogens is 2. The summed E-state index contributed by atoms with van der Waals surface area (Å²) < 4.78 is 1.81. The summed E-state index contributed by atoms with van der Waals surface area (Å²) in [5.41, 5.74) is 1.11. The Balaban J connectivity index is 2.31. The first-order valence-corrected chi connectivity index (χ1v) is 5.96. The maximum absolute atomic E-state index is 11.6. The number of hydrogen-bond donors (Lipinski definition) is 2. The Hall–Kier alpha value is -0.970. The van der Waals surface area contributed by atoms with Crippen LogP contribution in [-0.2, 0) is 18.3 Å². The maximum atomic E-state index is 11.6. The van der Waals surface area contributed by atoms with Crippen LogP contribution in [0, 0.1) is 5.92 Å². The molecule has 1 amide bonds. The van der Waals surface area contributed by atoms with E-state index in [-0.39, 0.29) is 17.1 Å². The van der Waals surface area contributed by atoms with Crippen LogP contribution in [-0.4, -0.2) is 27.5 Å². The molecule has 90 valence electrons. The van der Waals surface area contributed by atoms with Gasteiger partial charge in [-0.05, 0) is 12.0 Å². The Labute approximate surface area is 102 Å². The molecule has 0 aromatic carbocycles. The lowest BCUT2D eigenvalue weighted by Crippen LogP contribution is -2.35. The Bertz CT molecular complexity index is 349. The Kier molecular flexibility index (Phi) is 4.86. The number of rotatable bonds is 5. The third-order valence-corrected chi connectivity index (χ3v) is 3.33. The van der Waals surface area contributed by atoms with E-state index in [1.807, 2.05) is 31.6 Å². The molecule has 1 aromatic heterocycles. The van der Waals surface area contributed by atoms with E-state index >= 15 is 0 Å². The fourth-order valence-corrected chi connectivity index (χ4v) is 1.46. The number of carbonyl (C=O) groups is 1. The minimum Gasteiger partial charge on any atom is -0.355 e. The van der Waals surface area contributed by atoms with Gasteiger partial charge in [0, 0.05) is 31.9 Å². The summed E-state index contributed by atoms with van der Waals surface area (Å²) in [6.45, 7) is 4.60. The number of hydrogen-bond acceptors (Lipinski definition) is 3. The molecule has 0 radical (unpaired) electrons. The van der Waals surface area contributed by atoms with E-state index in [0.717, 1.165) is 12.1 Å². The summed E-state index contributed by atoms with van der Waals surface area (Å²) in [6, 6.07) is 1.95. The maximum Gasteiger partial charge on any atom is 0.233 e. The van der Waals surface area contributed by atoms with Crippen LogP contribution < -0.4 is 5.32 Å². The van der Waals surface area contributed by atoms with Gasteiger partial charge in [-0.1, -0.05) is 13.8 Å². The predicted molar refractivity (Wildman–Crippen MR) is 67.5 cm³/mol. The zero-order valence-electron chi connectivity index (χ0n) is 9.97. The van der Waals surface area contributed by atoms with Gasteiger partial charge in [0.05, 0.1) is 5.25 Å². The van der Waals surface area contributed by atoms with E-state index in [2.05, 4.69) is 23.0 Å². The summed E-state index contributed by atoms with van der Waals surface area (Å²) in [5.74, 6) is 0.250. The van der Waals surface area contributed by atoms with Gasteiger partial charge < -0.3 is 5.32 Å². The monoisotopic (exact) mass is 241 g/mol. The summed E-state index contributed by atoms with van der Waals surface area (Å²) in [4.78, 5) is 11.6. The van der Waals surface area contributed by atoms with Crippen molar-refractivity contribution in [3.05, 3.63) is 18.0 Å². The van der Waals surface area contributed by atoms with Crippen LogP contribution in [0.25, 0.3) is 0 Å². The fraction of sp³-hybridized carbons (Fsp3) is 0.636. The summed E-state index contributed by atoms with van der Waals surface area (Å²) in [7, 11) is 1.90. The molecule has 4 nitrogen and oxygen atoms in total. The lowest BCUT2D eigenvalue weighted by Gasteiger charge is -2.14. The van der Waals surface area contributed by atoms with Crippen molar-refractivity contribution in [2.75, 3.05) is 6.54 Å². The van der Waals surface area contributed by atoms with Crippen LogP contribution in [0.5, 0.6) is 0 Å². The minimum absolute atomic E-state index is 0.000465. The molecule has 1 rings (SSSR count). The van der Waals surface area contributed by atoms with Gasteiger partial charge in [-0.2, -0.15) is 17.7 Å². The van der Waals surface area contributed by atoms with Gasteiger partial charge in [-0.15, -0.1) is 0 Å². The van der Waals surface area contributed by atoms with Crippen molar-refractivity contribution >= 4 is 18.5 Å². The van der Waals surface area contributed by atoms with E-state index in [1.54, 1.807) is 6.20 Å². The fourth-order valence-electron chi connectivity index (χ4n) is 1.37. The molecule has 0 aliphatic rings. The van der Waals surface area contributed by atoms with Crippen molar-refractivity contribution < 1.29 is 4.79 Å². The van der Waals surface area contributed by atoms with Crippen molar-refractivity contribution in [1.29, 1.82) is 0 Å². The summed E-state index contributed by atoms with van der Waals surface area (Å²) in [6.07, 6.45) is 2.55. The number of aryl methyl sites for hydroxylation is 1. The highest BCUT2D eigenvalue weighted by Gasteiger charge is 2.16. The zero-order valence-corrected chi connectivity index (χ0v) is 10.9. The molecule has 0 aliphatic heterocycles. The highest BCUT2D eigenvalue weighted by Crippen LogP contribution is 2.08. The molecular weight excluding hydrogens is 222 g/mol. The highest BCUT2D eigenvalue weighted by atomic mass is 32.1. The van der Waals surface area contributed by atoms with Gasteiger partial charge >= 0.3 is 0 Å². The average molecular weight is 241 g/mol. The van der Waals surface area contributed by atoms with Crippen molar-refractivity contribution in [2.24, 2.45) is 13.0 Å². The van der Waals surface area contributed by atoms with Crippen LogP contribution in [0.1, 0.15) is 19.5 Å². The Morgan fingerprint density at radius 2 is 2.31 bits per heavy atom. The molecule has 1 aromatic rings. The molecule has 0 bridgehead atoms. The second kappa shape index (κ2) is 5.94. The highest BCUT2D eigenvalue weighted by molar-refractivity contribution is 7.81. The number of nitrogens with one attached hydrogen (secondary N) is 1. The largest absolute Gasteiger partial charge is 0.355 e. The number of amides is 1. The van der Waals surface area contributed by atoms with Crippen molar-refractivity contribution in [1.82, 2.24) is 15.1 Å². The van der Waals surface area contributed by atoms with Gasteiger partial charge in [0.1, 0.15) is 0 Å². The molecule has 0 saturated carbocycles. The molecule has 16 heavy (non-hydrogen) atoms. The topological polar surface area (TPSA) is 46.9 Å². The van der Waals surface area contributed by atoms with E-state index in [4.69, 9.17) is 0 Å². The van der Waals surface area contributed by atoms with E-state index in [9.17, 15) is 4.79 Å². The predicted octanol–water partition coefficient (Wildman–Crippen LogP) is 1.03. The van der Waals surface area contributed by atoms with Gasteiger partial charge in [0.2, 0.25) is 5.91 Å². The van der Waals surface area contributed by atoms with Crippen LogP contribution >= 0.6 is 12.6 Å². The van der Waals surface area contributed by atoms with Crippen molar-refractivity contribution in [3.8, 4) is 0 Å². The smallest absolute Gasteiger partial charge is 0.233 e. The summed E-state index contributed by atoms with van der Waals surface area (Å²) >= 11 is 4.26. The zero-order chi connectivity index (χ0) is 12.1. The minimum atomic E-state index is -0.230. The molecule has 5 heteroatoms. The second-order valence-corrected chi connectivity index (χ2v) is 4.73. The van der Waals surface area contributed by atoms with Crippen LogP contribution in [0.3, 0.4) is 0 Å². The van der Waals surface area contributed by atoms with Gasteiger partial charge in [0.15, 0.2) is 0 Å². The lowest BCUT2D eigenvalue weighted by atomic mass is 10.1. The molecular formula is C11H19N3OS. The third-order valence-electron chi connectivity index (χ3n) is 2.50. The quantitative estimate of drug-likeness (QED) is 0.757. The number of thiol groups is 1. The first-order valence-electron chi connectivity index (χ1n) is 5.45. The number of carbonyl (C=O) groups excluding carboxylic acids is 1. The van der Waals surface area contributed by atoms with Crippen molar-refractivity contribution in [2.45, 2.75) is 25.5 Å². The number of nitrogens with zero attached hydrogens (tertiary/aromatic N) is 2. The summed E-state index contributed by atoms with van der Waals surface area (Å²) in [5, 5.41) is 6.71. The SMILES string of the molecule is CC(C)C(S)C(=O)NCCc1ccnn1C. The Morgan fingerprint density at radius 3 is 2.81 bits per heavy atom. The van der Waals surface area contributed by atoms with Crippen LogP contribution in [0.2, 0.25) is 0 Å². The molecule has 1 heterocycles. The molecule has 1 unspecified atom stereocenters. The van der Waals surface area contributed by atoms with Crippen LogP contribution in [0.15, 0.2) is 12.3 Å². The third kappa shape index (κ3) is 3.56. The van der Waals surface area contributed by atoms with Gasteiger partial charge in [0.25, 0.3) is 0 Å². The average Bonchev–Trinajstić information content (AvgIpc) is 2.63. The molecule has 0 aliphatic carbocycles. The normalized spacial score (nSPS) is 12.8. The standard InChI is InChI=1S/C11H19N3OS/c1-8(2)10(16)11(15)12-6-4-9-5-7-13-14(9)3/h5,7-8,10,16H,4,6H2,1-3H3,(H,12,15). The van der Waals surface area contributed by atoms with E-state index in [0.29, 0.717) is 6.54 Å². The van der Waals surface area contributed by atoms with E-state index in [1.165, 1.54) is 0 Å². The molecule has 1 N–H and O–H groups in total. The molecule has 0 fully saturated rings.